The van der Waals surface area contributed by atoms with Crippen molar-refractivity contribution in [2.24, 2.45) is 0 Å². The molecule has 1 unspecified atom stereocenters. The van der Waals surface area contributed by atoms with Gasteiger partial charge in [-0.1, -0.05) is 11.6 Å². The van der Waals surface area contributed by atoms with Crippen LogP contribution in [0.4, 0.5) is 0 Å². The quantitative estimate of drug-likeness (QED) is 0.793. The van der Waals surface area contributed by atoms with Crippen molar-refractivity contribution in [2.75, 3.05) is 6.61 Å². The molecular formula is C9H9ClO4. The van der Waals surface area contributed by atoms with Gasteiger partial charge in [-0.3, -0.25) is 0 Å². The number of aliphatic hydroxyl groups is 1. The van der Waals surface area contributed by atoms with E-state index in [1.54, 1.807) is 12.1 Å². The van der Waals surface area contributed by atoms with Gasteiger partial charge in [0, 0.05) is 5.02 Å². The van der Waals surface area contributed by atoms with Gasteiger partial charge in [0.2, 0.25) is 6.10 Å². The van der Waals surface area contributed by atoms with E-state index in [9.17, 15) is 4.79 Å². The third-order valence-corrected chi connectivity index (χ3v) is 1.79. The van der Waals surface area contributed by atoms with Crippen LogP contribution in [0.5, 0.6) is 5.75 Å². The lowest BCUT2D eigenvalue weighted by Crippen LogP contribution is -2.30. The molecule has 1 rings (SSSR count). The molecule has 0 saturated heterocycles. The first-order valence-electron chi connectivity index (χ1n) is 3.89. The highest BCUT2D eigenvalue weighted by Gasteiger charge is 2.17. The van der Waals surface area contributed by atoms with E-state index in [4.69, 9.17) is 26.6 Å². The average molecular weight is 217 g/mol. The van der Waals surface area contributed by atoms with E-state index in [-0.39, 0.29) is 0 Å². The highest BCUT2D eigenvalue weighted by atomic mass is 35.5. The molecule has 14 heavy (non-hydrogen) atoms. The smallest absolute Gasteiger partial charge is 0.347 e. The van der Waals surface area contributed by atoms with Crippen molar-refractivity contribution in [1.82, 2.24) is 0 Å². The van der Waals surface area contributed by atoms with Crippen molar-refractivity contribution >= 4 is 17.6 Å². The third-order valence-electron chi connectivity index (χ3n) is 1.53. The molecule has 0 heterocycles. The predicted molar refractivity (Wildman–Crippen MR) is 50.6 cm³/mol. The summed E-state index contributed by atoms with van der Waals surface area (Å²) in [6.45, 7) is -0.571. The Morgan fingerprint density at radius 2 is 2.00 bits per heavy atom. The Kier molecular flexibility index (Phi) is 3.73. The molecule has 2 N–H and O–H groups in total. The van der Waals surface area contributed by atoms with Crippen LogP contribution in [-0.2, 0) is 4.79 Å². The first-order chi connectivity index (χ1) is 6.63. The molecule has 4 nitrogen and oxygen atoms in total. The number of carboxylic acids is 1. The van der Waals surface area contributed by atoms with Crippen LogP contribution >= 0.6 is 11.6 Å². The highest BCUT2D eigenvalue weighted by Crippen LogP contribution is 2.16. The fourth-order valence-corrected chi connectivity index (χ4v) is 0.969. The summed E-state index contributed by atoms with van der Waals surface area (Å²) in [7, 11) is 0. The second-order valence-corrected chi connectivity index (χ2v) is 3.02. The number of carboxylic acid groups (broad SMARTS) is 1. The van der Waals surface area contributed by atoms with E-state index in [1.165, 1.54) is 12.1 Å². The second kappa shape index (κ2) is 4.83. The molecule has 76 valence electrons. The maximum absolute atomic E-state index is 10.5. The predicted octanol–water partition coefficient (Wildman–Crippen LogP) is 1.16. The number of rotatable bonds is 4. The lowest BCUT2D eigenvalue weighted by Gasteiger charge is -2.11. The molecule has 0 spiro atoms. The zero-order valence-corrected chi connectivity index (χ0v) is 7.94. The third kappa shape index (κ3) is 2.90. The summed E-state index contributed by atoms with van der Waals surface area (Å²) < 4.78 is 4.97. The van der Waals surface area contributed by atoms with Gasteiger partial charge in [-0.05, 0) is 24.3 Å². The molecule has 0 radical (unpaired) electrons. The van der Waals surface area contributed by atoms with Gasteiger partial charge in [-0.15, -0.1) is 0 Å². The zero-order valence-electron chi connectivity index (χ0n) is 7.18. The van der Waals surface area contributed by atoms with E-state index in [1.807, 2.05) is 0 Å². The maximum Gasteiger partial charge on any atom is 0.347 e. The summed E-state index contributed by atoms with van der Waals surface area (Å²) in [6, 6.07) is 6.22. The summed E-state index contributed by atoms with van der Waals surface area (Å²) in [5, 5.41) is 17.8. The van der Waals surface area contributed by atoms with E-state index < -0.39 is 18.7 Å². The molecule has 1 atom stereocenters. The second-order valence-electron chi connectivity index (χ2n) is 2.58. The fraction of sp³-hybridized carbons (Fsp3) is 0.222. The molecule has 1 aromatic rings. The zero-order chi connectivity index (χ0) is 10.6. The minimum absolute atomic E-state index is 0.357. The highest BCUT2D eigenvalue weighted by molar-refractivity contribution is 6.30. The van der Waals surface area contributed by atoms with Gasteiger partial charge < -0.3 is 14.9 Å². The van der Waals surface area contributed by atoms with Crippen molar-refractivity contribution in [3.05, 3.63) is 29.3 Å². The summed E-state index contributed by atoms with van der Waals surface area (Å²) in [6.07, 6.45) is -1.24. The van der Waals surface area contributed by atoms with Crippen molar-refractivity contribution in [1.29, 1.82) is 0 Å². The normalized spacial score (nSPS) is 12.1. The van der Waals surface area contributed by atoms with Gasteiger partial charge in [-0.25, -0.2) is 4.79 Å². The van der Waals surface area contributed by atoms with Gasteiger partial charge in [-0.2, -0.15) is 0 Å². The molecule has 0 aliphatic heterocycles. The molecule has 1 aromatic carbocycles. The number of aliphatic carboxylic acids is 1. The first-order valence-corrected chi connectivity index (χ1v) is 4.27. The van der Waals surface area contributed by atoms with E-state index in [0.29, 0.717) is 10.8 Å². The van der Waals surface area contributed by atoms with E-state index >= 15 is 0 Å². The summed E-state index contributed by atoms with van der Waals surface area (Å²) in [5.74, 6) is -0.849. The van der Waals surface area contributed by atoms with Gasteiger partial charge >= 0.3 is 5.97 Å². The summed E-state index contributed by atoms with van der Waals surface area (Å²) in [5.41, 5.74) is 0. The molecule has 0 amide bonds. The fourth-order valence-electron chi connectivity index (χ4n) is 0.843. The van der Waals surface area contributed by atoms with Crippen LogP contribution < -0.4 is 4.74 Å². The average Bonchev–Trinajstić information content (AvgIpc) is 2.16. The Hall–Kier alpha value is -1.26. The van der Waals surface area contributed by atoms with Crippen molar-refractivity contribution in [3.8, 4) is 5.75 Å². The number of hydrogen-bond acceptors (Lipinski definition) is 3. The van der Waals surface area contributed by atoms with Crippen LogP contribution in [0.25, 0.3) is 0 Å². The van der Waals surface area contributed by atoms with Crippen molar-refractivity contribution < 1.29 is 19.7 Å². The van der Waals surface area contributed by atoms with Crippen LogP contribution in [0, 0.1) is 0 Å². The molecule has 0 aliphatic carbocycles. The van der Waals surface area contributed by atoms with Crippen LogP contribution in [-0.4, -0.2) is 28.9 Å². The SMILES string of the molecule is O=C(O)C(CO)Oc1ccc(Cl)cc1. The van der Waals surface area contributed by atoms with Crippen molar-refractivity contribution in [3.63, 3.8) is 0 Å². The molecule has 5 heteroatoms. The summed E-state index contributed by atoms with van der Waals surface area (Å²) >= 11 is 5.62. The minimum atomic E-state index is -1.24. The molecule has 0 bridgehead atoms. The number of ether oxygens (including phenoxy) is 1. The molecule has 0 fully saturated rings. The standard InChI is InChI=1S/C9H9ClO4/c10-6-1-3-7(4-2-6)14-8(5-11)9(12)13/h1-4,8,11H,5H2,(H,12,13). The van der Waals surface area contributed by atoms with E-state index in [2.05, 4.69) is 0 Å². The Bertz CT molecular complexity index is 309. The lowest BCUT2D eigenvalue weighted by molar-refractivity contribution is -0.146. The Morgan fingerprint density at radius 1 is 1.43 bits per heavy atom. The van der Waals surface area contributed by atoms with Crippen molar-refractivity contribution in [2.45, 2.75) is 6.10 Å². The largest absolute Gasteiger partial charge is 0.478 e. The first kappa shape index (κ1) is 10.8. The van der Waals surface area contributed by atoms with Gasteiger partial charge in [0.05, 0.1) is 6.61 Å². The molecule has 0 aliphatic rings. The molecule has 0 aromatic heterocycles. The summed E-state index contributed by atoms with van der Waals surface area (Å²) in [4.78, 5) is 10.5. The maximum atomic E-state index is 10.5. The van der Waals surface area contributed by atoms with Gasteiger partial charge in [0.25, 0.3) is 0 Å². The Labute approximate surface area is 85.7 Å². The number of aliphatic hydroxyl groups excluding tert-OH is 1. The molecular weight excluding hydrogens is 208 g/mol. The number of hydrogen-bond donors (Lipinski definition) is 2. The number of carbonyl (C=O) groups is 1. The Balaban J connectivity index is 2.67. The van der Waals surface area contributed by atoms with Crippen LogP contribution in [0.3, 0.4) is 0 Å². The Morgan fingerprint density at radius 3 is 2.43 bits per heavy atom. The van der Waals surface area contributed by atoms with Gasteiger partial charge in [0.15, 0.2) is 0 Å². The molecule has 0 saturated carbocycles. The number of benzene rings is 1. The van der Waals surface area contributed by atoms with Crippen LogP contribution in [0.1, 0.15) is 0 Å². The monoisotopic (exact) mass is 216 g/mol. The van der Waals surface area contributed by atoms with Crippen LogP contribution in [0.2, 0.25) is 5.02 Å². The number of halogens is 1. The lowest BCUT2D eigenvalue weighted by atomic mass is 10.3. The van der Waals surface area contributed by atoms with Gasteiger partial charge in [0.1, 0.15) is 5.75 Å². The van der Waals surface area contributed by atoms with E-state index in [0.717, 1.165) is 0 Å². The minimum Gasteiger partial charge on any atom is -0.478 e. The van der Waals surface area contributed by atoms with Crippen LogP contribution in [0.15, 0.2) is 24.3 Å². The topological polar surface area (TPSA) is 66.8 Å².